The highest BCUT2D eigenvalue weighted by atomic mass is 32.2. The number of amides is 2. The van der Waals surface area contributed by atoms with Crippen LogP contribution in [-0.4, -0.2) is 71.8 Å². The minimum atomic E-state index is -0.397. The Balaban J connectivity index is 1.62. The summed E-state index contributed by atoms with van der Waals surface area (Å²) in [6, 6.07) is 0. The number of aliphatic hydroxyl groups excluding tert-OH is 1. The molecular weight excluding hydrogens is 280 g/mol. The third-order valence-electron chi connectivity index (χ3n) is 3.84. The predicted octanol–water partition coefficient (Wildman–Crippen LogP) is -0.390. The number of morpholine rings is 1. The van der Waals surface area contributed by atoms with E-state index >= 15 is 0 Å². The minimum Gasteiger partial charge on any atom is -0.394 e. The SMILES string of the molecule is O=C(CSCC(=O)N1CCOCC1)NC1(CO)CCC1. The van der Waals surface area contributed by atoms with Gasteiger partial charge in [0, 0.05) is 13.1 Å². The number of rotatable bonds is 6. The van der Waals surface area contributed by atoms with Crippen LogP contribution in [0, 0.1) is 0 Å². The van der Waals surface area contributed by atoms with E-state index < -0.39 is 5.54 Å². The molecule has 2 amide bonds. The topological polar surface area (TPSA) is 78.9 Å². The summed E-state index contributed by atoms with van der Waals surface area (Å²) in [4.78, 5) is 25.4. The highest BCUT2D eigenvalue weighted by molar-refractivity contribution is 8.00. The zero-order valence-corrected chi connectivity index (χ0v) is 12.4. The van der Waals surface area contributed by atoms with Gasteiger partial charge in [-0.25, -0.2) is 0 Å². The Kier molecular flexibility index (Phi) is 5.68. The first kappa shape index (κ1) is 15.6. The van der Waals surface area contributed by atoms with Gasteiger partial charge in [0.2, 0.25) is 11.8 Å². The van der Waals surface area contributed by atoms with Crippen LogP contribution in [0.1, 0.15) is 19.3 Å². The van der Waals surface area contributed by atoms with Crippen molar-refractivity contribution < 1.29 is 19.4 Å². The number of ether oxygens (including phenoxy) is 1. The second-order valence-electron chi connectivity index (χ2n) is 5.33. The van der Waals surface area contributed by atoms with Crippen LogP contribution in [0.5, 0.6) is 0 Å². The summed E-state index contributed by atoms with van der Waals surface area (Å²) in [6.45, 7) is 2.46. The Labute approximate surface area is 123 Å². The van der Waals surface area contributed by atoms with Crippen molar-refractivity contribution in [1.29, 1.82) is 0 Å². The molecule has 1 heterocycles. The Bertz CT molecular complexity index is 349. The molecule has 0 unspecified atom stereocenters. The molecular formula is C13H22N2O4S. The van der Waals surface area contributed by atoms with Crippen LogP contribution in [0.4, 0.5) is 0 Å². The molecule has 1 aliphatic heterocycles. The molecule has 1 saturated heterocycles. The summed E-state index contributed by atoms with van der Waals surface area (Å²) >= 11 is 1.32. The largest absolute Gasteiger partial charge is 0.394 e. The van der Waals surface area contributed by atoms with Gasteiger partial charge in [-0.1, -0.05) is 0 Å². The molecule has 2 rings (SSSR count). The Morgan fingerprint density at radius 2 is 1.95 bits per heavy atom. The fraction of sp³-hybridized carbons (Fsp3) is 0.846. The molecule has 0 bridgehead atoms. The molecule has 2 N–H and O–H groups in total. The van der Waals surface area contributed by atoms with Crippen LogP contribution >= 0.6 is 11.8 Å². The number of carbonyl (C=O) groups is 2. The van der Waals surface area contributed by atoms with Crippen LogP contribution in [0.2, 0.25) is 0 Å². The molecule has 114 valence electrons. The summed E-state index contributed by atoms with van der Waals surface area (Å²) in [5.41, 5.74) is -0.397. The predicted molar refractivity (Wildman–Crippen MR) is 76.5 cm³/mol. The highest BCUT2D eigenvalue weighted by Crippen LogP contribution is 2.31. The molecule has 20 heavy (non-hydrogen) atoms. The van der Waals surface area contributed by atoms with Crippen LogP contribution in [0.15, 0.2) is 0 Å². The van der Waals surface area contributed by atoms with Crippen molar-refractivity contribution in [3.63, 3.8) is 0 Å². The molecule has 0 spiro atoms. The monoisotopic (exact) mass is 302 g/mol. The second kappa shape index (κ2) is 7.28. The minimum absolute atomic E-state index is 0.00385. The summed E-state index contributed by atoms with van der Waals surface area (Å²) in [5.74, 6) is 0.544. The zero-order chi connectivity index (χ0) is 14.4. The number of hydrogen-bond acceptors (Lipinski definition) is 5. The van der Waals surface area contributed by atoms with Gasteiger partial charge in [-0.15, -0.1) is 11.8 Å². The number of aliphatic hydroxyl groups is 1. The average Bonchev–Trinajstić information content (AvgIpc) is 2.43. The van der Waals surface area contributed by atoms with E-state index in [0.717, 1.165) is 19.3 Å². The summed E-state index contributed by atoms with van der Waals surface area (Å²) < 4.78 is 5.19. The number of nitrogens with zero attached hydrogens (tertiary/aromatic N) is 1. The smallest absolute Gasteiger partial charge is 0.232 e. The van der Waals surface area contributed by atoms with Crippen molar-refractivity contribution in [2.45, 2.75) is 24.8 Å². The highest BCUT2D eigenvalue weighted by Gasteiger charge is 2.37. The molecule has 2 fully saturated rings. The lowest BCUT2D eigenvalue weighted by Crippen LogP contribution is -2.56. The first-order chi connectivity index (χ1) is 9.65. The molecule has 0 atom stereocenters. The van der Waals surface area contributed by atoms with Gasteiger partial charge >= 0.3 is 0 Å². The van der Waals surface area contributed by atoms with Crippen molar-refractivity contribution in [1.82, 2.24) is 10.2 Å². The van der Waals surface area contributed by atoms with Gasteiger partial charge in [0.1, 0.15) is 0 Å². The second-order valence-corrected chi connectivity index (χ2v) is 6.31. The van der Waals surface area contributed by atoms with E-state index in [0.29, 0.717) is 32.1 Å². The van der Waals surface area contributed by atoms with Crippen molar-refractivity contribution in [3.8, 4) is 0 Å². The quantitative estimate of drug-likeness (QED) is 0.698. The van der Waals surface area contributed by atoms with Gasteiger partial charge in [-0.3, -0.25) is 9.59 Å². The van der Waals surface area contributed by atoms with Gasteiger partial charge in [-0.05, 0) is 19.3 Å². The first-order valence-corrected chi connectivity index (χ1v) is 8.16. The van der Waals surface area contributed by atoms with E-state index in [1.54, 1.807) is 4.90 Å². The van der Waals surface area contributed by atoms with E-state index in [4.69, 9.17) is 4.74 Å². The van der Waals surface area contributed by atoms with E-state index in [2.05, 4.69) is 5.32 Å². The standard InChI is InChI=1S/C13H22N2O4S/c16-10-13(2-1-3-13)14-11(17)8-20-9-12(18)15-4-6-19-7-5-15/h16H,1-10H2,(H,14,17). The normalized spacial score (nSPS) is 21.1. The number of nitrogens with one attached hydrogen (secondary N) is 1. The van der Waals surface area contributed by atoms with E-state index in [1.165, 1.54) is 11.8 Å². The third-order valence-corrected chi connectivity index (χ3v) is 4.76. The summed E-state index contributed by atoms with van der Waals surface area (Å²) in [7, 11) is 0. The lowest BCUT2D eigenvalue weighted by atomic mass is 9.77. The molecule has 1 aliphatic carbocycles. The van der Waals surface area contributed by atoms with Gasteiger partial charge in [0.15, 0.2) is 0 Å². The molecule has 0 aromatic carbocycles. The fourth-order valence-corrected chi connectivity index (χ4v) is 3.11. The van der Waals surface area contributed by atoms with E-state index in [9.17, 15) is 14.7 Å². The maximum Gasteiger partial charge on any atom is 0.232 e. The zero-order valence-electron chi connectivity index (χ0n) is 11.6. The summed E-state index contributed by atoms with van der Waals surface area (Å²) in [6.07, 6.45) is 2.72. The Hall–Kier alpha value is -0.790. The lowest BCUT2D eigenvalue weighted by molar-refractivity contribution is -0.132. The molecule has 0 aromatic heterocycles. The van der Waals surface area contributed by atoms with Crippen LogP contribution in [0.3, 0.4) is 0 Å². The lowest BCUT2D eigenvalue weighted by Gasteiger charge is -2.40. The van der Waals surface area contributed by atoms with Crippen molar-refractivity contribution in [2.24, 2.45) is 0 Å². The van der Waals surface area contributed by atoms with Gasteiger partial charge < -0.3 is 20.1 Å². The van der Waals surface area contributed by atoms with Crippen LogP contribution in [-0.2, 0) is 14.3 Å². The Morgan fingerprint density at radius 3 is 2.50 bits per heavy atom. The number of hydrogen-bond donors (Lipinski definition) is 2. The van der Waals surface area contributed by atoms with Crippen molar-refractivity contribution in [2.75, 3.05) is 44.4 Å². The summed E-state index contributed by atoms with van der Waals surface area (Å²) in [5, 5.41) is 12.2. The first-order valence-electron chi connectivity index (χ1n) is 7.00. The van der Waals surface area contributed by atoms with Crippen LogP contribution in [0.25, 0.3) is 0 Å². The molecule has 1 saturated carbocycles. The molecule has 6 nitrogen and oxygen atoms in total. The Morgan fingerprint density at radius 1 is 1.25 bits per heavy atom. The van der Waals surface area contributed by atoms with Gasteiger partial charge in [0.25, 0.3) is 0 Å². The van der Waals surface area contributed by atoms with Crippen molar-refractivity contribution >= 4 is 23.6 Å². The maximum absolute atomic E-state index is 11.9. The molecule has 0 aromatic rings. The maximum atomic E-state index is 11.9. The van der Waals surface area contributed by atoms with E-state index in [-0.39, 0.29) is 24.2 Å². The van der Waals surface area contributed by atoms with Gasteiger partial charge in [0.05, 0.1) is 36.9 Å². The number of thioether (sulfide) groups is 1. The van der Waals surface area contributed by atoms with Gasteiger partial charge in [-0.2, -0.15) is 0 Å². The number of carbonyl (C=O) groups excluding carboxylic acids is 2. The van der Waals surface area contributed by atoms with E-state index in [1.807, 2.05) is 0 Å². The fourth-order valence-electron chi connectivity index (χ4n) is 2.39. The third kappa shape index (κ3) is 4.10. The molecule has 7 heteroatoms. The molecule has 0 radical (unpaired) electrons. The van der Waals surface area contributed by atoms with Crippen LogP contribution < -0.4 is 5.32 Å². The average molecular weight is 302 g/mol. The molecule has 2 aliphatic rings. The van der Waals surface area contributed by atoms with Crippen molar-refractivity contribution in [3.05, 3.63) is 0 Å².